The molecule has 0 aliphatic rings. The topological polar surface area (TPSA) is 75.3 Å². The Morgan fingerprint density at radius 2 is 1.60 bits per heavy atom. The lowest BCUT2D eigenvalue weighted by atomic mass is 10.1. The molecule has 0 aromatic heterocycles. The number of hydrogen-bond donors (Lipinski definition) is 2. The van der Waals surface area contributed by atoms with Crippen LogP contribution >= 0.6 is 0 Å². The molecule has 0 unspecified atom stereocenters. The van der Waals surface area contributed by atoms with Gasteiger partial charge in [-0.3, -0.25) is 9.52 Å². The Bertz CT molecular complexity index is 869. The summed E-state index contributed by atoms with van der Waals surface area (Å²) in [6, 6.07) is 10.8. The number of carbonyl (C=O) groups is 1. The summed E-state index contributed by atoms with van der Waals surface area (Å²) >= 11 is 0. The number of anilines is 2. The van der Waals surface area contributed by atoms with Crippen molar-refractivity contribution in [1.29, 1.82) is 0 Å². The third-order valence-electron chi connectivity index (χ3n) is 3.80. The van der Waals surface area contributed by atoms with Crippen molar-refractivity contribution in [2.45, 2.75) is 34.1 Å². The van der Waals surface area contributed by atoms with Crippen molar-refractivity contribution in [3.63, 3.8) is 0 Å². The zero-order valence-corrected chi connectivity index (χ0v) is 15.8. The van der Waals surface area contributed by atoms with Crippen molar-refractivity contribution in [3.8, 4) is 0 Å². The van der Waals surface area contributed by atoms with Gasteiger partial charge in [0.2, 0.25) is 10.0 Å². The molecule has 0 aliphatic carbocycles. The van der Waals surface area contributed by atoms with E-state index in [1.54, 1.807) is 25.1 Å². The van der Waals surface area contributed by atoms with E-state index >= 15 is 0 Å². The number of amides is 1. The van der Waals surface area contributed by atoms with E-state index < -0.39 is 10.0 Å². The standard InChI is InChI=1S/C19H24N2O3S/c1-5-9-25(23,24)21-18-8-6-7-17(15(18)4)20-19(22)16-11-13(2)10-14(3)12-16/h6-8,10-12,21H,5,9H2,1-4H3,(H,20,22). The van der Waals surface area contributed by atoms with E-state index in [1.807, 2.05) is 39.0 Å². The van der Waals surface area contributed by atoms with Gasteiger partial charge in [0, 0.05) is 11.3 Å². The Morgan fingerprint density at radius 1 is 1.00 bits per heavy atom. The molecule has 2 aromatic carbocycles. The molecule has 0 atom stereocenters. The molecule has 0 radical (unpaired) electrons. The minimum atomic E-state index is -3.38. The SMILES string of the molecule is CCCS(=O)(=O)Nc1cccc(NC(=O)c2cc(C)cc(C)c2)c1C. The largest absolute Gasteiger partial charge is 0.322 e. The van der Waals surface area contributed by atoms with E-state index in [1.165, 1.54) is 0 Å². The lowest BCUT2D eigenvalue weighted by Crippen LogP contribution is -2.18. The summed E-state index contributed by atoms with van der Waals surface area (Å²) in [6.07, 6.45) is 0.539. The molecule has 0 spiro atoms. The van der Waals surface area contributed by atoms with Gasteiger partial charge in [-0.15, -0.1) is 0 Å². The van der Waals surface area contributed by atoms with Gasteiger partial charge in [-0.05, 0) is 57.0 Å². The molecular formula is C19H24N2O3S. The lowest BCUT2D eigenvalue weighted by molar-refractivity contribution is 0.102. The van der Waals surface area contributed by atoms with Crippen LogP contribution in [0.25, 0.3) is 0 Å². The first-order valence-corrected chi connectivity index (χ1v) is 9.87. The molecule has 0 saturated carbocycles. The molecule has 0 saturated heterocycles. The van der Waals surface area contributed by atoms with E-state index in [4.69, 9.17) is 0 Å². The van der Waals surface area contributed by atoms with Gasteiger partial charge in [-0.1, -0.05) is 30.2 Å². The molecule has 2 aromatic rings. The third-order valence-corrected chi connectivity index (χ3v) is 5.28. The fourth-order valence-electron chi connectivity index (χ4n) is 2.67. The van der Waals surface area contributed by atoms with Crippen LogP contribution in [-0.2, 0) is 10.0 Å². The Morgan fingerprint density at radius 3 is 2.20 bits per heavy atom. The summed E-state index contributed by atoms with van der Waals surface area (Å²) in [5, 5.41) is 2.87. The predicted octanol–water partition coefficient (Wildman–Crippen LogP) is 4.02. The Hall–Kier alpha value is -2.34. The molecule has 2 N–H and O–H groups in total. The average molecular weight is 360 g/mol. The van der Waals surface area contributed by atoms with Gasteiger partial charge in [0.15, 0.2) is 0 Å². The Balaban J connectivity index is 2.26. The summed E-state index contributed by atoms with van der Waals surface area (Å²) in [4.78, 5) is 12.5. The van der Waals surface area contributed by atoms with Gasteiger partial charge in [-0.2, -0.15) is 0 Å². The zero-order chi connectivity index (χ0) is 18.6. The number of sulfonamides is 1. The van der Waals surface area contributed by atoms with E-state index in [9.17, 15) is 13.2 Å². The first-order chi connectivity index (χ1) is 11.7. The summed E-state index contributed by atoms with van der Waals surface area (Å²) in [5.74, 6) is -0.158. The second-order valence-corrected chi connectivity index (χ2v) is 8.07. The van der Waals surface area contributed by atoms with Crippen molar-refractivity contribution < 1.29 is 13.2 Å². The van der Waals surface area contributed by atoms with Crippen LogP contribution in [0.5, 0.6) is 0 Å². The van der Waals surface area contributed by atoms with Crippen LogP contribution in [-0.4, -0.2) is 20.1 Å². The average Bonchev–Trinajstić information content (AvgIpc) is 2.50. The highest BCUT2D eigenvalue weighted by atomic mass is 32.2. The fraction of sp³-hybridized carbons (Fsp3) is 0.316. The summed E-state index contributed by atoms with van der Waals surface area (Å²) in [6.45, 7) is 7.48. The highest BCUT2D eigenvalue weighted by Crippen LogP contribution is 2.25. The molecule has 2 rings (SSSR count). The van der Waals surface area contributed by atoms with E-state index in [0.29, 0.717) is 28.9 Å². The fourth-order valence-corrected chi connectivity index (χ4v) is 3.86. The maximum atomic E-state index is 12.5. The quantitative estimate of drug-likeness (QED) is 0.817. The number of aryl methyl sites for hydroxylation is 2. The highest BCUT2D eigenvalue weighted by Gasteiger charge is 2.14. The summed E-state index contributed by atoms with van der Waals surface area (Å²) in [7, 11) is -3.38. The second-order valence-electron chi connectivity index (χ2n) is 6.23. The molecule has 6 heteroatoms. The minimum absolute atomic E-state index is 0.0611. The molecule has 1 amide bonds. The first-order valence-electron chi connectivity index (χ1n) is 8.21. The number of rotatable bonds is 6. The monoisotopic (exact) mass is 360 g/mol. The normalized spacial score (nSPS) is 11.2. The van der Waals surface area contributed by atoms with Crippen LogP contribution in [0.15, 0.2) is 36.4 Å². The van der Waals surface area contributed by atoms with Gasteiger partial charge in [-0.25, -0.2) is 8.42 Å². The van der Waals surface area contributed by atoms with Crippen LogP contribution in [0.3, 0.4) is 0 Å². The van der Waals surface area contributed by atoms with Gasteiger partial charge in [0.05, 0.1) is 11.4 Å². The molecule has 0 fully saturated rings. The van der Waals surface area contributed by atoms with Crippen molar-refractivity contribution in [2.75, 3.05) is 15.8 Å². The minimum Gasteiger partial charge on any atom is -0.322 e. The van der Waals surface area contributed by atoms with Crippen molar-refractivity contribution in [2.24, 2.45) is 0 Å². The van der Waals surface area contributed by atoms with Gasteiger partial charge < -0.3 is 5.32 Å². The van der Waals surface area contributed by atoms with Crippen LogP contribution in [0.4, 0.5) is 11.4 Å². The maximum absolute atomic E-state index is 12.5. The van der Waals surface area contributed by atoms with Gasteiger partial charge >= 0.3 is 0 Å². The number of benzene rings is 2. The predicted molar refractivity (Wildman–Crippen MR) is 103 cm³/mol. The molecule has 25 heavy (non-hydrogen) atoms. The highest BCUT2D eigenvalue weighted by molar-refractivity contribution is 7.92. The van der Waals surface area contributed by atoms with E-state index in [2.05, 4.69) is 10.0 Å². The number of carbonyl (C=O) groups excluding carboxylic acids is 1. The van der Waals surface area contributed by atoms with Crippen LogP contribution < -0.4 is 10.0 Å². The van der Waals surface area contributed by atoms with E-state index in [0.717, 1.165) is 11.1 Å². The molecule has 134 valence electrons. The Kier molecular flexibility index (Phi) is 5.85. The Labute approximate surface area is 149 Å². The third kappa shape index (κ3) is 5.06. The molecule has 0 heterocycles. The van der Waals surface area contributed by atoms with Gasteiger partial charge in [0.25, 0.3) is 5.91 Å². The maximum Gasteiger partial charge on any atom is 0.255 e. The van der Waals surface area contributed by atoms with Crippen molar-refractivity contribution >= 4 is 27.3 Å². The van der Waals surface area contributed by atoms with Crippen LogP contribution in [0.1, 0.15) is 40.4 Å². The van der Waals surface area contributed by atoms with Gasteiger partial charge in [0.1, 0.15) is 0 Å². The van der Waals surface area contributed by atoms with E-state index in [-0.39, 0.29) is 11.7 Å². The molecular weight excluding hydrogens is 336 g/mol. The zero-order valence-electron chi connectivity index (χ0n) is 15.0. The molecule has 5 nitrogen and oxygen atoms in total. The number of hydrogen-bond acceptors (Lipinski definition) is 3. The summed E-state index contributed by atoms with van der Waals surface area (Å²) < 4.78 is 26.5. The van der Waals surface area contributed by atoms with Crippen LogP contribution in [0, 0.1) is 20.8 Å². The number of nitrogens with one attached hydrogen (secondary N) is 2. The van der Waals surface area contributed by atoms with Crippen LogP contribution in [0.2, 0.25) is 0 Å². The van der Waals surface area contributed by atoms with Crippen molar-refractivity contribution in [1.82, 2.24) is 0 Å². The first kappa shape index (κ1) is 19.0. The summed E-state index contributed by atoms with van der Waals surface area (Å²) in [5.41, 5.74) is 4.35. The molecule has 0 bridgehead atoms. The lowest BCUT2D eigenvalue weighted by Gasteiger charge is -2.14. The van der Waals surface area contributed by atoms with Crippen molar-refractivity contribution in [3.05, 3.63) is 58.7 Å². The smallest absolute Gasteiger partial charge is 0.255 e. The second kappa shape index (κ2) is 7.70. The molecule has 0 aliphatic heterocycles.